The quantitative estimate of drug-likeness (QED) is 0.587. The van der Waals surface area contributed by atoms with Crippen molar-refractivity contribution >= 4 is 45.2 Å². The number of fused-ring (bicyclic) bond motifs is 2. The van der Waals surface area contributed by atoms with Crippen molar-refractivity contribution in [3.8, 4) is 0 Å². The second-order valence-electron chi connectivity index (χ2n) is 7.06. The molecular weight excluding hydrogens is 411 g/mol. The lowest BCUT2D eigenvalue weighted by Crippen LogP contribution is -2.46. The van der Waals surface area contributed by atoms with Gasteiger partial charge in [0.25, 0.3) is 0 Å². The molecule has 3 aromatic rings. The first-order valence-electron chi connectivity index (χ1n) is 9.30. The smallest absolute Gasteiger partial charge is 0.330 e. The molecule has 5 nitrogen and oxygen atoms in total. The number of thiazole rings is 1. The van der Waals surface area contributed by atoms with Crippen molar-refractivity contribution in [2.45, 2.75) is 30.4 Å². The number of esters is 1. The third-order valence-corrected chi connectivity index (χ3v) is 7.98. The zero-order chi connectivity index (χ0) is 20.0. The van der Waals surface area contributed by atoms with Crippen LogP contribution in [-0.4, -0.2) is 33.6 Å². The Hall–Kier alpha value is -2.45. The van der Waals surface area contributed by atoms with E-state index in [1.807, 2.05) is 24.3 Å². The van der Waals surface area contributed by atoms with Crippen LogP contribution in [0.4, 0.5) is 4.39 Å². The molecule has 2 aromatic carbocycles. The van der Waals surface area contributed by atoms with E-state index in [2.05, 4.69) is 4.98 Å². The monoisotopic (exact) mass is 428 g/mol. The zero-order valence-corrected chi connectivity index (χ0v) is 17.0. The summed E-state index contributed by atoms with van der Waals surface area (Å²) < 4.78 is 20.0. The Balaban J connectivity index is 1.35. The zero-order valence-electron chi connectivity index (χ0n) is 15.3. The average Bonchev–Trinajstić information content (AvgIpc) is 3.40. The molecule has 2 fully saturated rings. The Morgan fingerprint density at radius 1 is 1.24 bits per heavy atom. The molecule has 2 atom stereocenters. The van der Waals surface area contributed by atoms with Crippen molar-refractivity contribution in [2.24, 2.45) is 0 Å². The van der Waals surface area contributed by atoms with E-state index in [4.69, 9.17) is 4.74 Å². The van der Waals surface area contributed by atoms with Gasteiger partial charge < -0.3 is 9.64 Å². The number of ether oxygens (including phenoxy) is 1. The molecule has 0 unspecified atom stereocenters. The molecule has 3 heterocycles. The highest BCUT2D eigenvalue weighted by Gasteiger charge is 2.57. The fourth-order valence-corrected chi connectivity index (χ4v) is 6.56. The number of nitrogens with zero attached hydrogens (tertiary/aromatic N) is 2. The summed E-state index contributed by atoms with van der Waals surface area (Å²) in [4.78, 5) is 31.0. The molecule has 1 aromatic heterocycles. The van der Waals surface area contributed by atoms with E-state index in [0.717, 1.165) is 20.8 Å². The second-order valence-corrected chi connectivity index (χ2v) is 9.48. The summed E-state index contributed by atoms with van der Waals surface area (Å²) in [5.41, 5.74) is 1.72. The summed E-state index contributed by atoms with van der Waals surface area (Å²) in [6, 6.07) is 13.3. The fourth-order valence-electron chi connectivity index (χ4n) is 4.04. The largest absolute Gasteiger partial charge is 0.457 e. The molecule has 0 saturated carbocycles. The molecule has 2 aliphatic heterocycles. The molecule has 0 radical (unpaired) electrons. The van der Waals surface area contributed by atoms with Gasteiger partial charge in [0.05, 0.1) is 10.2 Å². The van der Waals surface area contributed by atoms with Gasteiger partial charge in [-0.25, -0.2) is 14.2 Å². The molecule has 148 valence electrons. The number of aromatic nitrogens is 1. The van der Waals surface area contributed by atoms with Crippen molar-refractivity contribution in [3.05, 3.63) is 64.9 Å². The summed E-state index contributed by atoms with van der Waals surface area (Å²) in [7, 11) is 0. The lowest BCUT2D eigenvalue weighted by Gasteiger charge is -2.33. The van der Waals surface area contributed by atoms with Gasteiger partial charge in [0.2, 0.25) is 5.91 Å². The first-order chi connectivity index (χ1) is 14.1. The maximum absolute atomic E-state index is 13.4. The number of hydrogen-bond donors (Lipinski definition) is 0. The lowest BCUT2D eigenvalue weighted by atomic mass is 10.0. The van der Waals surface area contributed by atoms with Gasteiger partial charge in [0.1, 0.15) is 28.3 Å². The molecule has 0 aliphatic carbocycles. The van der Waals surface area contributed by atoms with Crippen molar-refractivity contribution in [1.29, 1.82) is 0 Å². The molecule has 1 amide bonds. The average molecular weight is 429 g/mol. The van der Waals surface area contributed by atoms with Crippen LogP contribution in [0.3, 0.4) is 0 Å². The van der Waals surface area contributed by atoms with E-state index in [1.54, 1.807) is 28.8 Å². The maximum atomic E-state index is 13.4. The minimum atomic E-state index is -0.644. The van der Waals surface area contributed by atoms with E-state index >= 15 is 0 Å². The molecule has 8 heteroatoms. The predicted molar refractivity (Wildman–Crippen MR) is 110 cm³/mol. The topological polar surface area (TPSA) is 59.5 Å². The van der Waals surface area contributed by atoms with Crippen LogP contribution in [0.1, 0.15) is 23.4 Å². The summed E-state index contributed by atoms with van der Waals surface area (Å²) in [5, 5.41) is 0.725. The minimum Gasteiger partial charge on any atom is -0.457 e. The van der Waals surface area contributed by atoms with Crippen LogP contribution in [0.15, 0.2) is 48.5 Å². The fraction of sp³-hybridized carbons (Fsp3) is 0.286. The van der Waals surface area contributed by atoms with Gasteiger partial charge in [0, 0.05) is 12.2 Å². The van der Waals surface area contributed by atoms with E-state index < -0.39 is 16.9 Å². The third kappa shape index (κ3) is 3.11. The molecule has 0 N–H and O–H groups in total. The molecule has 0 spiro atoms. The molecule has 2 saturated heterocycles. The molecule has 5 rings (SSSR count). The first-order valence-corrected chi connectivity index (χ1v) is 11.1. The molecule has 29 heavy (non-hydrogen) atoms. The second kappa shape index (κ2) is 7.11. The number of hydrogen-bond acceptors (Lipinski definition) is 6. The minimum absolute atomic E-state index is 0.0683. The maximum Gasteiger partial charge on any atom is 0.330 e. The highest BCUT2D eigenvalue weighted by atomic mass is 32.2. The van der Waals surface area contributed by atoms with Crippen molar-refractivity contribution in [3.63, 3.8) is 0 Å². The van der Waals surface area contributed by atoms with Crippen LogP contribution in [0, 0.1) is 5.82 Å². The Labute approximate surface area is 174 Å². The standard InChI is InChI=1S/C21H17FN2O3S2/c22-14-7-5-13(6-8-14)21-10-9-19(25)24(21)16(12-28-21)20(26)27-11-18-23-15-3-1-2-4-17(15)29-18/h1-8,16H,9-12H2/t16-,21+/m0/s1. The Morgan fingerprint density at radius 2 is 2.03 bits per heavy atom. The normalized spacial score (nSPS) is 23.6. The third-order valence-electron chi connectivity index (χ3n) is 5.37. The summed E-state index contributed by atoms with van der Waals surface area (Å²) >= 11 is 3.04. The number of amides is 1. The number of halogens is 1. The predicted octanol–water partition coefficient (Wildman–Crippen LogP) is 4.07. The summed E-state index contributed by atoms with van der Waals surface area (Å²) in [5.74, 6) is -0.352. The van der Waals surface area contributed by atoms with Gasteiger partial charge in [-0.2, -0.15) is 0 Å². The number of rotatable bonds is 4. The SMILES string of the molecule is O=C(OCc1nc2ccccc2s1)[C@@H]1CS[C@@]2(c3ccc(F)cc3)CCC(=O)N12. The van der Waals surface area contributed by atoms with Crippen molar-refractivity contribution in [2.75, 3.05) is 5.75 Å². The Bertz CT molecular complexity index is 1070. The number of carbonyl (C=O) groups excluding carboxylic acids is 2. The van der Waals surface area contributed by atoms with E-state index in [1.165, 1.54) is 23.5 Å². The van der Waals surface area contributed by atoms with Crippen LogP contribution >= 0.6 is 23.1 Å². The van der Waals surface area contributed by atoms with Gasteiger partial charge in [0.15, 0.2) is 0 Å². The van der Waals surface area contributed by atoms with E-state index in [0.29, 0.717) is 18.6 Å². The van der Waals surface area contributed by atoms with Crippen LogP contribution in [-0.2, 0) is 25.8 Å². The van der Waals surface area contributed by atoms with Crippen LogP contribution in [0.2, 0.25) is 0 Å². The first kappa shape index (κ1) is 18.6. The van der Waals surface area contributed by atoms with Gasteiger partial charge in [-0.3, -0.25) is 4.79 Å². The summed E-state index contributed by atoms with van der Waals surface area (Å²) in [6.45, 7) is 0.0882. The van der Waals surface area contributed by atoms with Gasteiger partial charge in [-0.05, 0) is 36.2 Å². The van der Waals surface area contributed by atoms with Gasteiger partial charge in [-0.1, -0.05) is 24.3 Å². The van der Waals surface area contributed by atoms with E-state index in [9.17, 15) is 14.0 Å². The van der Waals surface area contributed by atoms with Gasteiger partial charge in [-0.15, -0.1) is 23.1 Å². The van der Waals surface area contributed by atoms with E-state index in [-0.39, 0.29) is 18.3 Å². The number of carbonyl (C=O) groups is 2. The molecule has 0 bridgehead atoms. The number of thioether (sulfide) groups is 1. The van der Waals surface area contributed by atoms with Crippen molar-refractivity contribution < 1.29 is 18.7 Å². The van der Waals surface area contributed by atoms with Gasteiger partial charge >= 0.3 is 5.97 Å². The van der Waals surface area contributed by atoms with Crippen molar-refractivity contribution in [1.82, 2.24) is 9.88 Å². The molecular formula is C21H17FN2O3S2. The molecule has 2 aliphatic rings. The van der Waals surface area contributed by atoms with Crippen LogP contribution < -0.4 is 0 Å². The number of benzene rings is 2. The highest BCUT2D eigenvalue weighted by molar-refractivity contribution is 8.00. The number of para-hydroxylation sites is 1. The van der Waals surface area contributed by atoms with Crippen LogP contribution in [0.5, 0.6) is 0 Å². The Kier molecular flexibility index (Phi) is 4.55. The summed E-state index contributed by atoms with van der Waals surface area (Å²) in [6.07, 6.45) is 0.968. The highest BCUT2D eigenvalue weighted by Crippen LogP contribution is 2.54. The Morgan fingerprint density at radius 3 is 2.83 bits per heavy atom. The van der Waals surface area contributed by atoms with Crippen LogP contribution in [0.25, 0.3) is 10.2 Å². The lowest BCUT2D eigenvalue weighted by molar-refractivity contribution is -0.155.